The van der Waals surface area contributed by atoms with E-state index >= 15 is 0 Å². The molecule has 3 N–H and O–H groups in total. The van der Waals surface area contributed by atoms with Crippen molar-refractivity contribution in [2.45, 2.75) is 39.5 Å². The van der Waals surface area contributed by atoms with Crippen molar-refractivity contribution in [1.82, 2.24) is 15.0 Å². The largest absolute Gasteiger partial charge is 0.341 e. The van der Waals surface area contributed by atoms with Gasteiger partial charge in [-0.3, -0.25) is 0 Å². The van der Waals surface area contributed by atoms with Crippen molar-refractivity contribution in [2.24, 2.45) is 11.7 Å². The van der Waals surface area contributed by atoms with Crippen molar-refractivity contribution < 1.29 is 0 Å². The molecule has 1 unspecified atom stereocenters. The lowest BCUT2D eigenvalue weighted by Crippen LogP contribution is -2.09. The van der Waals surface area contributed by atoms with Gasteiger partial charge in [0.2, 0.25) is 0 Å². The molecule has 1 atom stereocenters. The third-order valence-electron chi connectivity index (χ3n) is 3.48. The molecular formula is C14H22N4. The van der Waals surface area contributed by atoms with E-state index in [0.717, 1.165) is 48.5 Å². The summed E-state index contributed by atoms with van der Waals surface area (Å²) in [4.78, 5) is 12.3. The summed E-state index contributed by atoms with van der Waals surface area (Å²) in [6.07, 6.45) is 4.42. The fourth-order valence-corrected chi connectivity index (χ4v) is 2.28. The molecule has 0 saturated heterocycles. The van der Waals surface area contributed by atoms with Crippen molar-refractivity contribution in [1.29, 1.82) is 0 Å². The number of aromatic amines is 1. The molecule has 0 bridgehead atoms. The van der Waals surface area contributed by atoms with Gasteiger partial charge in [0, 0.05) is 12.1 Å². The van der Waals surface area contributed by atoms with Gasteiger partial charge >= 0.3 is 0 Å². The van der Waals surface area contributed by atoms with Gasteiger partial charge in [-0.05, 0) is 44.4 Å². The maximum atomic E-state index is 5.62. The summed E-state index contributed by atoms with van der Waals surface area (Å²) >= 11 is 0. The summed E-state index contributed by atoms with van der Waals surface area (Å²) < 4.78 is 0. The number of hydrogen-bond donors (Lipinski definition) is 2. The number of nitrogens with one attached hydrogen (secondary N) is 1. The fraction of sp³-hybridized carbons (Fsp3) is 0.571. The minimum absolute atomic E-state index is 0.706. The predicted octanol–water partition coefficient (Wildman–Crippen LogP) is 2.57. The van der Waals surface area contributed by atoms with Crippen molar-refractivity contribution in [3.63, 3.8) is 0 Å². The van der Waals surface area contributed by atoms with E-state index in [9.17, 15) is 0 Å². The first kappa shape index (κ1) is 13.0. The molecule has 0 fully saturated rings. The lowest BCUT2D eigenvalue weighted by molar-refractivity contribution is 0.440. The number of aryl methyl sites for hydroxylation is 2. The topological polar surface area (TPSA) is 67.6 Å². The van der Waals surface area contributed by atoms with Crippen LogP contribution in [0.4, 0.5) is 0 Å². The zero-order chi connectivity index (χ0) is 13.0. The lowest BCUT2D eigenvalue weighted by atomic mass is 9.97. The number of hydrogen-bond acceptors (Lipinski definition) is 3. The summed E-state index contributed by atoms with van der Waals surface area (Å²) in [6, 6.07) is 4.05. The van der Waals surface area contributed by atoms with Crippen molar-refractivity contribution >= 4 is 11.2 Å². The molecule has 0 aliphatic heterocycles. The Morgan fingerprint density at radius 3 is 2.83 bits per heavy atom. The van der Waals surface area contributed by atoms with E-state index in [-0.39, 0.29) is 0 Å². The maximum Gasteiger partial charge on any atom is 0.177 e. The Balaban J connectivity index is 2.03. The van der Waals surface area contributed by atoms with Gasteiger partial charge in [-0.25, -0.2) is 9.97 Å². The normalized spacial score (nSPS) is 13.1. The molecule has 0 amide bonds. The highest BCUT2D eigenvalue weighted by molar-refractivity contribution is 5.70. The third kappa shape index (κ3) is 3.07. The van der Waals surface area contributed by atoms with Gasteiger partial charge in [0.15, 0.2) is 5.65 Å². The average Bonchev–Trinajstić information content (AvgIpc) is 2.76. The molecule has 2 rings (SSSR count). The van der Waals surface area contributed by atoms with Crippen LogP contribution in [0.3, 0.4) is 0 Å². The predicted molar refractivity (Wildman–Crippen MR) is 74.4 cm³/mol. The summed E-state index contributed by atoms with van der Waals surface area (Å²) in [6.45, 7) is 4.99. The van der Waals surface area contributed by atoms with Crippen LogP contribution in [0.15, 0.2) is 12.1 Å². The Hall–Kier alpha value is -1.42. The molecule has 18 heavy (non-hydrogen) atoms. The Morgan fingerprint density at radius 1 is 1.28 bits per heavy atom. The molecule has 0 spiro atoms. The van der Waals surface area contributed by atoms with Crippen molar-refractivity contribution in [2.75, 3.05) is 6.54 Å². The summed E-state index contributed by atoms with van der Waals surface area (Å²) in [5, 5.41) is 0. The molecule has 0 aliphatic carbocycles. The van der Waals surface area contributed by atoms with E-state index in [4.69, 9.17) is 5.73 Å². The quantitative estimate of drug-likeness (QED) is 0.823. The van der Waals surface area contributed by atoms with Crippen LogP contribution in [-0.4, -0.2) is 21.5 Å². The first-order chi connectivity index (χ1) is 8.72. The smallest absolute Gasteiger partial charge is 0.177 e. The van der Waals surface area contributed by atoms with Gasteiger partial charge < -0.3 is 10.7 Å². The highest BCUT2D eigenvalue weighted by Gasteiger charge is 2.08. The number of H-pyrrole nitrogens is 1. The maximum absolute atomic E-state index is 5.62. The van der Waals surface area contributed by atoms with Crippen molar-refractivity contribution in [3.05, 3.63) is 23.7 Å². The zero-order valence-corrected chi connectivity index (χ0v) is 11.2. The van der Waals surface area contributed by atoms with Crippen LogP contribution < -0.4 is 5.73 Å². The lowest BCUT2D eigenvalue weighted by Gasteiger charge is -2.11. The summed E-state index contributed by atoms with van der Waals surface area (Å²) in [5.74, 6) is 1.75. The number of fused-ring (bicyclic) bond motifs is 1. The highest BCUT2D eigenvalue weighted by atomic mass is 15.0. The second kappa shape index (κ2) is 5.96. The highest BCUT2D eigenvalue weighted by Crippen LogP contribution is 2.16. The third-order valence-corrected chi connectivity index (χ3v) is 3.48. The molecular weight excluding hydrogens is 224 g/mol. The minimum atomic E-state index is 0.706. The van der Waals surface area contributed by atoms with Crippen LogP contribution in [0.5, 0.6) is 0 Å². The molecule has 4 heteroatoms. The monoisotopic (exact) mass is 246 g/mol. The van der Waals surface area contributed by atoms with Crippen molar-refractivity contribution in [3.8, 4) is 0 Å². The fourth-order valence-electron chi connectivity index (χ4n) is 2.28. The number of aromatic nitrogens is 3. The van der Waals surface area contributed by atoms with Gasteiger partial charge in [0.1, 0.15) is 5.82 Å². The van der Waals surface area contributed by atoms with Gasteiger partial charge in [0.25, 0.3) is 0 Å². The van der Waals surface area contributed by atoms with Crippen LogP contribution in [0.2, 0.25) is 0 Å². The van der Waals surface area contributed by atoms with Gasteiger partial charge in [0.05, 0.1) is 5.52 Å². The van der Waals surface area contributed by atoms with E-state index in [2.05, 4.69) is 21.9 Å². The van der Waals surface area contributed by atoms with Crippen LogP contribution in [0.25, 0.3) is 11.2 Å². The van der Waals surface area contributed by atoms with E-state index in [1.54, 1.807) is 0 Å². The van der Waals surface area contributed by atoms with Gasteiger partial charge in [-0.2, -0.15) is 0 Å². The molecule has 2 heterocycles. The Labute approximate surface area is 108 Å². The second-order valence-corrected chi connectivity index (χ2v) is 4.90. The number of imidazole rings is 1. The molecule has 0 saturated carbocycles. The zero-order valence-electron chi connectivity index (χ0n) is 11.2. The van der Waals surface area contributed by atoms with Crippen LogP contribution in [0.1, 0.15) is 37.7 Å². The number of rotatable bonds is 6. The van der Waals surface area contributed by atoms with Gasteiger partial charge in [-0.15, -0.1) is 0 Å². The molecule has 0 aliphatic rings. The number of nitrogens with zero attached hydrogens (tertiary/aromatic N) is 2. The molecule has 2 aromatic rings. The molecule has 98 valence electrons. The molecule has 2 aromatic heterocycles. The average molecular weight is 246 g/mol. The first-order valence-electron chi connectivity index (χ1n) is 6.75. The summed E-state index contributed by atoms with van der Waals surface area (Å²) in [5.41, 5.74) is 8.49. The van der Waals surface area contributed by atoms with Crippen LogP contribution >= 0.6 is 0 Å². The van der Waals surface area contributed by atoms with E-state index in [1.807, 2.05) is 19.1 Å². The first-order valence-corrected chi connectivity index (χ1v) is 6.75. The van der Waals surface area contributed by atoms with Gasteiger partial charge in [-0.1, -0.05) is 13.3 Å². The molecule has 0 radical (unpaired) electrons. The van der Waals surface area contributed by atoms with E-state index in [0.29, 0.717) is 5.92 Å². The minimum Gasteiger partial charge on any atom is -0.341 e. The Morgan fingerprint density at radius 2 is 2.11 bits per heavy atom. The number of pyridine rings is 1. The molecule has 4 nitrogen and oxygen atoms in total. The second-order valence-electron chi connectivity index (χ2n) is 4.90. The van der Waals surface area contributed by atoms with Crippen LogP contribution in [-0.2, 0) is 6.42 Å². The SMILES string of the molecule is CCC(CCN)CCc1nc2nc(C)ccc2[nH]1. The Bertz CT molecular complexity index is 503. The van der Waals surface area contributed by atoms with Crippen LogP contribution in [0, 0.1) is 12.8 Å². The standard InChI is InChI=1S/C14H22N4/c1-3-11(8-9-15)5-7-13-17-12-6-4-10(2)16-14(12)18-13/h4,6,11H,3,5,7-9,15H2,1-2H3,(H,16,17,18). The summed E-state index contributed by atoms with van der Waals surface area (Å²) in [7, 11) is 0. The number of nitrogens with two attached hydrogens (primary N) is 1. The Kier molecular flexibility index (Phi) is 4.31. The van der Waals surface area contributed by atoms with E-state index < -0.39 is 0 Å². The molecule has 0 aromatic carbocycles. The van der Waals surface area contributed by atoms with E-state index in [1.165, 1.54) is 6.42 Å².